The van der Waals surface area contributed by atoms with Gasteiger partial charge in [0.1, 0.15) is 17.3 Å². The van der Waals surface area contributed by atoms with Gasteiger partial charge in [-0.05, 0) is 60.2 Å². The van der Waals surface area contributed by atoms with Crippen LogP contribution in [0.1, 0.15) is 21.9 Å². The van der Waals surface area contributed by atoms with Gasteiger partial charge in [-0.25, -0.2) is 0 Å². The molecule has 0 saturated carbocycles. The summed E-state index contributed by atoms with van der Waals surface area (Å²) in [6.45, 7) is 2.85. The van der Waals surface area contributed by atoms with Crippen molar-refractivity contribution in [1.29, 1.82) is 0 Å². The second kappa shape index (κ2) is 6.91. The second-order valence-electron chi connectivity index (χ2n) is 4.96. The number of carbonyl (C=O) groups is 1. The van der Waals surface area contributed by atoms with Crippen molar-refractivity contribution in [3.63, 3.8) is 0 Å². The zero-order valence-electron chi connectivity index (χ0n) is 12.4. The molecule has 0 N–H and O–H groups in total. The van der Waals surface area contributed by atoms with Crippen LogP contribution in [0.5, 0.6) is 5.75 Å². The normalized spacial score (nSPS) is 10.9. The Hall–Kier alpha value is -1.59. The second-order valence-corrected chi connectivity index (χ2v) is 5.81. The lowest BCUT2D eigenvalue weighted by Gasteiger charge is -2.14. The number of Topliss-reactive ketones (excluding diaryl/α,β-unsaturated/α-hetero) is 1. The molecule has 0 spiro atoms. The first-order valence-corrected chi connectivity index (χ1v) is 7.39. The zero-order valence-corrected chi connectivity index (χ0v) is 13.9. The minimum absolute atomic E-state index is 0.0594. The maximum Gasteiger partial charge on any atom is 0.176 e. The molecule has 2 aromatic rings. The number of furan rings is 1. The van der Waals surface area contributed by atoms with Gasteiger partial charge in [0.15, 0.2) is 5.78 Å². The average Bonchev–Trinajstić information content (AvgIpc) is 2.83. The van der Waals surface area contributed by atoms with E-state index in [1.807, 2.05) is 31.0 Å². The Morgan fingerprint density at radius 3 is 2.67 bits per heavy atom. The van der Waals surface area contributed by atoms with E-state index in [0.717, 1.165) is 16.0 Å². The van der Waals surface area contributed by atoms with Gasteiger partial charge in [-0.2, -0.15) is 0 Å². The Balaban J connectivity index is 1.98. The van der Waals surface area contributed by atoms with Gasteiger partial charge in [0.25, 0.3) is 0 Å². The number of rotatable bonds is 6. The minimum Gasteiger partial charge on any atom is -0.496 e. The molecule has 0 saturated heterocycles. The number of likely N-dealkylation sites (N-methyl/N-ethyl adjacent to an activating group) is 1. The third-order valence-electron chi connectivity index (χ3n) is 3.11. The van der Waals surface area contributed by atoms with E-state index in [0.29, 0.717) is 24.4 Å². The first-order chi connectivity index (χ1) is 9.99. The maximum atomic E-state index is 12.3. The van der Waals surface area contributed by atoms with Gasteiger partial charge < -0.3 is 9.15 Å². The zero-order chi connectivity index (χ0) is 15.4. The lowest BCUT2D eigenvalue weighted by molar-refractivity contribution is 0.0939. The summed E-state index contributed by atoms with van der Waals surface area (Å²) in [7, 11) is 3.50. The van der Waals surface area contributed by atoms with Crippen molar-refractivity contribution in [2.45, 2.75) is 13.5 Å². The molecule has 0 unspecified atom stereocenters. The van der Waals surface area contributed by atoms with Gasteiger partial charge in [-0.1, -0.05) is 0 Å². The fraction of sp³-hybridized carbons (Fsp3) is 0.312. The number of aryl methyl sites for hydroxylation is 1. The van der Waals surface area contributed by atoms with Gasteiger partial charge >= 0.3 is 0 Å². The van der Waals surface area contributed by atoms with Gasteiger partial charge in [-0.3, -0.25) is 9.69 Å². The van der Waals surface area contributed by atoms with Crippen LogP contribution in [-0.2, 0) is 6.54 Å². The molecule has 21 heavy (non-hydrogen) atoms. The van der Waals surface area contributed by atoms with Crippen molar-refractivity contribution < 1.29 is 13.9 Å². The molecular weight excluding hydrogens is 334 g/mol. The Kier molecular flexibility index (Phi) is 5.20. The molecule has 2 rings (SSSR count). The average molecular weight is 352 g/mol. The summed E-state index contributed by atoms with van der Waals surface area (Å²) in [5, 5.41) is 0. The van der Waals surface area contributed by atoms with Crippen molar-refractivity contribution in [1.82, 2.24) is 4.90 Å². The predicted octanol–water partition coefficient (Wildman–Crippen LogP) is 3.67. The molecule has 0 radical (unpaired) electrons. The van der Waals surface area contributed by atoms with Crippen LogP contribution >= 0.6 is 15.9 Å². The molecule has 1 aromatic carbocycles. The van der Waals surface area contributed by atoms with Crippen LogP contribution in [0.4, 0.5) is 0 Å². The molecule has 1 heterocycles. The molecule has 0 aliphatic heterocycles. The fourth-order valence-electron chi connectivity index (χ4n) is 2.07. The van der Waals surface area contributed by atoms with E-state index in [2.05, 4.69) is 15.9 Å². The highest BCUT2D eigenvalue weighted by atomic mass is 79.9. The Morgan fingerprint density at radius 1 is 1.33 bits per heavy atom. The van der Waals surface area contributed by atoms with E-state index in [-0.39, 0.29) is 5.78 Å². The first-order valence-electron chi connectivity index (χ1n) is 6.60. The Bertz CT molecular complexity index is 636. The van der Waals surface area contributed by atoms with Crippen LogP contribution in [0, 0.1) is 6.92 Å². The highest BCUT2D eigenvalue weighted by molar-refractivity contribution is 9.10. The van der Waals surface area contributed by atoms with Crippen LogP contribution in [0.3, 0.4) is 0 Å². The van der Waals surface area contributed by atoms with Crippen molar-refractivity contribution in [3.05, 3.63) is 51.9 Å². The van der Waals surface area contributed by atoms with Crippen molar-refractivity contribution in [2.75, 3.05) is 20.7 Å². The molecule has 4 nitrogen and oxygen atoms in total. The molecule has 0 fully saturated rings. The summed E-state index contributed by atoms with van der Waals surface area (Å²) < 4.78 is 11.5. The van der Waals surface area contributed by atoms with Gasteiger partial charge in [0.2, 0.25) is 0 Å². The van der Waals surface area contributed by atoms with Crippen LogP contribution in [0.15, 0.2) is 39.2 Å². The summed E-state index contributed by atoms with van der Waals surface area (Å²) >= 11 is 3.39. The van der Waals surface area contributed by atoms with Crippen LogP contribution < -0.4 is 4.74 Å². The van der Waals surface area contributed by atoms with E-state index in [1.54, 1.807) is 25.3 Å². The molecule has 1 aromatic heterocycles. The summed E-state index contributed by atoms with van der Waals surface area (Å²) in [6, 6.07) is 9.20. The van der Waals surface area contributed by atoms with Gasteiger partial charge in [0.05, 0.1) is 24.7 Å². The SMILES string of the molecule is COc1ccc(C(=O)CN(C)Cc2ccc(C)o2)cc1Br. The fourth-order valence-corrected chi connectivity index (χ4v) is 2.61. The number of nitrogens with zero attached hydrogens (tertiary/aromatic N) is 1. The van der Waals surface area contributed by atoms with E-state index < -0.39 is 0 Å². The monoisotopic (exact) mass is 351 g/mol. The van der Waals surface area contributed by atoms with Crippen LogP contribution in [0.2, 0.25) is 0 Å². The number of hydrogen-bond donors (Lipinski definition) is 0. The highest BCUT2D eigenvalue weighted by Crippen LogP contribution is 2.25. The molecular formula is C16H18BrNO3. The van der Waals surface area contributed by atoms with Crippen molar-refractivity contribution >= 4 is 21.7 Å². The van der Waals surface area contributed by atoms with Gasteiger partial charge in [-0.15, -0.1) is 0 Å². The van der Waals surface area contributed by atoms with Crippen LogP contribution in [-0.4, -0.2) is 31.4 Å². The summed E-state index contributed by atoms with van der Waals surface area (Å²) in [4.78, 5) is 14.2. The molecule has 112 valence electrons. The number of ketones is 1. The predicted molar refractivity (Wildman–Crippen MR) is 84.8 cm³/mol. The van der Waals surface area contributed by atoms with Crippen LogP contribution in [0.25, 0.3) is 0 Å². The van der Waals surface area contributed by atoms with Crippen molar-refractivity contribution in [2.24, 2.45) is 0 Å². The Labute approximate surface area is 132 Å². The third kappa shape index (κ3) is 4.19. The topological polar surface area (TPSA) is 42.7 Å². The smallest absolute Gasteiger partial charge is 0.176 e. The number of halogens is 1. The summed E-state index contributed by atoms with van der Waals surface area (Å²) in [5.41, 5.74) is 0.658. The highest BCUT2D eigenvalue weighted by Gasteiger charge is 2.13. The largest absolute Gasteiger partial charge is 0.496 e. The first kappa shape index (κ1) is 15.8. The van der Waals surface area contributed by atoms with Gasteiger partial charge in [0, 0.05) is 5.56 Å². The standard InChI is InChI=1S/C16H18BrNO3/c1-11-4-6-13(21-11)9-18(2)10-15(19)12-5-7-16(20-3)14(17)8-12/h4-8H,9-10H2,1-3H3. The maximum absolute atomic E-state index is 12.3. The summed E-state index contributed by atoms with van der Waals surface area (Å²) in [5.74, 6) is 2.51. The molecule has 0 bridgehead atoms. The van der Waals surface area contributed by atoms with E-state index >= 15 is 0 Å². The molecule has 0 aliphatic carbocycles. The van der Waals surface area contributed by atoms with Crippen molar-refractivity contribution in [3.8, 4) is 5.75 Å². The number of hydrogen-bond acceptors (Lipinski definition) is 4. The lowest BCUT2D eigenvalue weighted by atomic mass is 10.1. The Morgan fingerprint density at radius 2 is 2.10 bits per heavy atom. The molecule has 0 atom stereocenters. The number of benzene rings is 1. The number of ether oxygens (including phenoxy) is 1. The summed E-state index contributed by atoms with van der Waals surface area (Å²) in [6.07, 6.45) is 0. The third-order valence-corrected chi connectivity index (χ3v) is 3.73. The molecule has 0 aliphatic rings. The van der Waals surface area contributed by atoms with E-state index in [4.69, 9.17) is 9.15 Å². The molecule has 5 heteroatoms. The quantitative estimate of drug-likeness (QED) is 0.744. The van der Waals surface area contributed by atoms with E-state index in [1.165, 1.54) is 0 Å². The molecule has 0 amide bonds. The number of carbonyl (C=O) groups excluding carboxylic acids is 1. The minimum atomic E-state index is 0.0594. The number of methoxy groups -OCH3 is 1. The lowest BCUT2D eigenvalue weighted by Crippen LogP contribution is -2.25. The van der Waals surface area contributed by atoms with E-state index in [9.17, 15) is 4.79 Å².